The number of rotatable bonds is 6. The number of carbonyl (C=O) groups excluding carboxylic acids is 1. The molecule has 1 N–H and O–H groups in total. The van der Waals surface area contributed by atoms with Gasteiger partial charge in [0.25, 0.3) is 0 Å². The molecule has 0 aromatic heterocycles. The van der Waals surface area contributed by atoms with Gasteiger partial charge in [-0.25, -0.2) is 8.42 Å². The van der Waals surface area contributed by atoms with Gasteiger partial charge >= 0.3 is 0 Å². The van der Waals surface area contributed by atoms with E-state index in [1.54, 1.807) is 25.1 Å². The van der Waals surface area contributed by atoms with Crippen LogP contribution in [0.15, 0.2) is 42.5 Å². The number of sulfonamides is 1. The second-order valence-corrected chi connectivity index (χ2v) is 9.08. The molecule has 27 heavy (non-hydrogen) atoms. The Balaban J connectivity index is 2.25. The highest BCUT2D eigenvalue weighted by Gasteiger charge is 2.30. The fourth-order valence-electron chi connectivity index (χ4n) is 2.87. The first-order chi connectivity index (χ1) is 12.5. The number of nitrogens with one attached hydrogen (secondary N) is 1. The molecule has 0 saturated heterocycles. The monoisotopic (exact) mass is 408 g/mol. The molecule has 2 rings (SSSR count). The molecule has 2 aromatic carbocycles. The van der Waals surface area contributed by atoms with Crippen LogP contribution in [0.4, 0.5) is 5.69 Å². The first-order valence-electron chi connectivity index (χ1n) is 8.63. The maximum absolute atomic E-state index is 12.8. The molecule has 0 unspecified atom stereocenters. The number of aryl methyl sites for hydroxylation is 2. The molecule has 0 aliphatic rings. The molecule has 0 saturated carbocycles. The minimum Gasteiger partial charge on any atom is -0.348 e. The van der Waals surface area contributed by atoms with Crippen molar-refractivity contribution < 1.29 is 13.2 Å². The van der Waals surface area contributed by atoms with E-state index in [9.17, 15) is 13.2 Å². The third kappa shape index (κ3) is 5.23. The van der Waals surface area contributed by atoms with Crippen LogP contribution < -0.4 is 9.62 Å². The van der Waals surface area contributed by atoms with Crippen LogP contribution in [0.3, 0.4) is 0 Å². The summed E-state index contributed by atoms with van der Waals surface area (Å²) in [6.45, 7) is 7.48. The Morgan fingerprint density at radius 1 is 1.07 bits per heavy atom. The number of benzene rings is 2. The highest BCUT2D eigenvalue weighted by atomic mass is 35.5. The van der Waals surface area contributed by atoms with Crippen molar-refractivity contribution in [1.82, 2.24) is 5.32 Å². The van der Waals surface area contributed by atoms with Gasteiger partial charge in [0.05, 0.1) is 18.0 Å². The van der Waals surface area contributed by atoms with Gasteiger partial charge in [-0.3, -0.25) is 9.10 Å². The fraction of sp³-hybridized carbons (Fsp3) is 0.350. The Morgan fingerprint density at radius 3 is 2.30 bits per heavy atom. The zero-order valence-corrected chi connectivity index (χ0v) is 17.7. The second-order valence-electron chi connectivity index (χ2n) is 6.79. The molecular weight excluding hydrogens is 384 g/mol. The summed E-state index contributed by atoms with van der Waals surface area (Å²) in [5.41, 5.74) is 3.63. The third-order valence-electron chi connectivity index (χ3n) is 4.54. The van der Waals surface area contributed by atoms with Crippen molar-refractivity contribution >= 4 is 33.2 Å². The summed E-state index contributed by atoms with van der Waals surface area (Å²) in [6.07, 6.45) is 1.07. The highest BCUT2D eigenvalue weighted by Crippen LogP contribution is 2.25. The third-order valence-corrected chi connectivity index (χ3v) is 6.02. The summed E-state index contributed by atoms with van der Waals surface area (Å²) in [6, 6.07) is 11.3. The van der Waals surface area contributed by atoms with Gasteiger partial charge in [-0.05, 0) is 62.6 Å². The summed E-state index contributed by atoms with van der Waals surface area (Å²) in [7, 11) is -3.68. The van der Waals surface area contributed by atoms with Gasteiger partial charge in [0.15, 0.2) is 0 Å². The highest BCUT2D eigenvalue weighted by molar-refractivity contribution is 7.92. The van der Waals surface area contributed by atoms with E-state index in [0.29, 0.717) is 10.7 Å². The van der Waals surface area contributed by atoms with Crippen LogP contribution in [0.5, 0.6) is 0 Å². The standard InChI is InChI=1S/C20H25ClN2O3S/c1-13-9-10-17(11-14(13)2)15(3)22-20(24)16(4)23(27(5,25)26)19-8-6-7-18(21)12-19/h6-12,15-16H,1-5H3,(H,22,24)/t15-,16+/m1/s1. The zero-order valence-electron chi connectivity index (χ0n) is 16.2. The van der Waals surface area contributed by atoms with Crippen molar-refractivity contribution in [3.05, 3.63) is 64.2 Å². The van der Waals surface area contributed by atoms with Gasteiger partial charge in [0, 0.05) is 5.02 Å². The van der Waals surface area contributed by atoms with Crippen LogP contribution in [-0.2, 0) is 14.8 Å². The fourth-order valence-corrected chi connectivity index (χ4v) is 4.22. The van der Waals surface area contributed by atoms with Crippen molar-refractivity contribution in [1.29, 1.82) is 0 Å². The van der Waals surface area contributed by atoms with Crippen molar-refractivity contribution in [2.24, 2.45) is 0 Å². The van der Waals surface area contributed by atoms with Gasteiger partial charge in [0.1, 0.15) is 6.04 Å². The first-order valence-corrected chi connectivity index (χ1v) is 10.9. The average Bonchev–Trinajstić information content (AvgIpc) is 2.56. The van der Waals surface area contributed by atoms with Crippen molar-refractivity contribution in [3.8, 4) is 0 Å². The Bertz CT molecular complexity index is 944. The lowest BCUT2D eigenvalue weighted by Gasteiger charge is -2.29. The smallest absolute Gasteiger partial charge is 0.244 e. The van der Waals surface area contributed by atoms with E-state index in [1.807, 2.05) is 39.0 Å². The van der Waals surface area contributed by atoms with Crippen molar-refractivity contribution in [2.45, 2.75) is 39.8 Å². The number of halogens is 1. The van der Waals surface area contributed by atoms with Crippen molar-refractivity contribution in [3.63, 3.8) is 0 Å². The van der Waals surface area contributed by atoms with Gasteiger partial charge in [-0.1, -0.05) is 35.9 Å². The van der Waals surface area contributed by atoms with E-state index in [1.165, 1.54) is 11.6 Å². The lowest BCUT2D eigenvalue weighted by atomic mass is 10.0. The SMILES string of the molecule is Cc1ccc([C@@H](C)NC(=O)[C@H](C)N(c2cccc(Cl)c2)S(C)(=O)=O)cc1C. The van der Waals surface area contributed by atoms with Gasteiger partial charge in [-0.15, -0.1) is 0 Å². The Labute approximate surface area is 166 Å². The Kier molecular flexibility index (Phi) is 6.54. The number of carbonyl (C=O) groups is 1. The normalized spacial score (nSPS) is 13.7. The largest absolute Gasteiger partial charge is 0.348 e. The molecule has 0 fully saturated rings. The summed E-state index contributed by atoms with van der Waals surface area (Å²) in [5.74, 6) is -0.383. The second kappa shape index (κ2) is 8.31. The molecule has 2 atom stereocenters. The van der Waals surface area contributed by atoms with E-state index < -0.39 is 16.1 Å². The van der Waals surface area contributed by atoms with Crippen molar-refractivity contribution in [2.75, 3.05) is 10.6 Å². The summed E-state index contributed by atoms with van der Waals surface area (Å²) >= 11 is 5.99. The van der Waals surface area contributed by atoms with E-state index in [-0.39, 0.29) is 11.9 Å². The zero-order chi connectivity index (χ0) is 20.4. The van der Waals surface area contributed by atoms with E-state index in [2.05, 4.69) is 5.32 Å². The summed E-state index contributed by atoms with van der Waals surface area (Å²) < 4.78 is 25.7. The molecule has 0 spiro atoms. The van der Waals surface area contributed by atoms with Crippen LogP contribution in [0.2, 0.25) is 5.02 Å². The number of hydrogen-bond donors (Lipinski definition) is 1. The molecule has 146 valence electrons. The number of amides is 1. The molecule has 0 bridgehead atoms. The Hall–Kier alpha value is -2.05. The van der Waals surface area contributed by atoms with E-state index in [4.69, 9.17) is 11.6 Å². The van der Waals surface area contributed by atoms with Crippen LogP contribution in [0.1, 0.15) is 36.6 Å². The molecule has 0 heterocycles. The minimum absolute atomic E-state index is 0.250. The average molecular weight is 409 g/mol. The molecule has 1 amide bonds. The molecule has 7 heteroatoms. The van der Waals surface area contributed by atoms with E-state index in [0.717, 1.165) is 21.7 Å². The molecule has 0 aliphatic carbocycles. The number of hydrogen-bond acceptors (Lipinski definition) is 3. The number of anilines is 1. The molecule has 0 radical (unpaired) electrons. The van der Waals surface area contributed by atoms with Crippen LogP contribution in [-0.4, -0.2) is 26.6 Å². The number of nitrogens with zero attached hydrogens (tertiary/aromatic N) is 1. The summed E-state index contributed by atoms with van der Waals surface area (Å²) in [5, 5.41) is 3.30. The molecule has 5 nitrogen and oxygen atoms in total. The molecular formula is C20H25ClN2O3S. The van der Waals surface area contributed by atoms with Gasteiger partial charge < -0.3 is 5.32 Å². The maximum atomic E-state index is 12.8. The lowest BCUT2D eigenvalue weighted by Crippen LogP contribution is -2.48. The maximum Gasteiger partial charge on any atom is 0.244 e. The van der Waals surface area contributed by atoms with Crippen LogP contribution in [0, 0.1) is 13.8 Å². The summed E-state index contributed by atoms with van der Waals surface area (Å²) in [4.78, 5) is 12.8. The Morgan fingerprint density at radius 2 is 1.74 bits per heavy atom. The quantitative estimate of drug-likeness (QED) is 0.785. The van der Waals surface area contributed by atoms with Gasteiger partial charge in [-0.2, -0.15) is 0 Å². The minimum atomic E-state index is -3.68. The van der Waals surface area contributed by atoms with Gasteiger partial charge in [0.2, 0.25) is 15.9 Å². The molecule has 0 aliphatic heterocycles. The van der Waals surface area contributed by atoms with Crippen LogP contribution in [0.25, 0.3) is 0 Å². The predicted molar refractivity (Wildman–Crippen MR) is 111 cm³/mol. The topological polar surface area (TPSA) is 66.5 Å². The first kappa shape index (κ1) is 21.3. The predicted octanol–water partition coefficient (Wildman–Crippen LogP) is 3.99. The van der Waals surface area contributed by atoms with E-state index >= 15 is 0 Å². The molecule has 2 aromatic rings. The van der Waals surface area contributed by atoms with Crippen LogP contribution >= 0.6 is 11.6 Å². The lowest BCUT2D eigenvalue weighted by molar-refractivity contribution is -0.122.